The van der Waals surface area contributed by atoms with Crippen LogP contribution in [0.4, 0.5) is 0 Å². The van der Waals surface area contributed by atoms with E-state index in [0.29, 0.717) is 0 Å². The molecule has 0 bridgehead atoms. The van der Waals surface area contributed by atoms with Crippen LogP contribution in [0.2, 0.25) is 0 Å². The molecule has 1 saturated heterocycles. The molecule has 6 unspecified atom stereocenters. The first-order chi connectivity index (χ1) is 3.97. The predicted molar refractivity (Wildman–Crippen MR) is 27.2 cm³/mol. The van der Waals surface area contributed by atoms with Crippen molar-refractivity contribution >= 4 is 0 Å². The third kappa shape index (κ3) is 0.127. The Morgan fingerprint density at radius 1 is 1.12 bits per heavy atom. The van der Waals surface area contributed by atoms with Crippen LogP contribution in [0.1, 0.15) is 6.42 Å². The van der Waals surface area contributed by atoms with Crippen molar-refractivity contribution in [3.8, 4) is 0 Å². The van der Waals surface area contributed by atoms with E-state index in [2.05, 4.69) is 0 Å². The van der Waals surface area contributed by atoms with Gasteiger partial charge in [0.1, 0.15) is 0 Å². The summed E-state index contributed by atoms with van der Waals surface area (Å²) in [7, 11) is 0. The predicted octanol–water partition coefficient (Wildman–Crippen LogP) is 0.649. The van der Waals surface area contributed by atoms with Crippen LogP contribution in [0.25, 0.3) is 0 Å². The lowest BCUT2D eigenvalue weighted by molar-refractivity contribution is -0.248. The van der Waals surface area contributed by atoms with Crippen LogP contribution in [0.3, 0.4) is 0 Å². The highest BCUT2D eigenvalue weighted by Crippen LogP contribution is 2.79. The quantitative estimate of drug-likeness (QED) is 0.442. The molecule has 42 valence electrons. The van der Waals surface area contributed by atoms with Crippen molar-refractivity contribution in [3.05, 3.63) is 0 Å². The SMILES string of the molecule is C1C2OC3C2C2C1C32. The second kappa shape index (κ2) is 0.621. The van der Waals surface area contributed by atoms with Crippen molar-refractivity contribution in [1.29, 1.82) is 0 Å². The van der Waals surface area contributed by atoms with Gasteiger partial charge in [-0.1, -0.05) is 0 Å². The Morgan fingerprint density at radius 2 is 2.12 bits per heavy atom. The lowest BCUT2D eigenvalue weighted by Gasteiger charge is -2.52. The number of hydrogen-bond acceptors (Lipinski definition) is 1. The van der Waals surface area contributed by atoms with Crippen molar-refractivity contribution in [2.45, 2.75) is 18.6 Å². The van der Waals surface area contributed by atoms with Gasteiger partial charge in [-0.3, -0.25) is 0 Å². The summed E-state index contributed by atoms with van der Waals surface area (Å²) in [6.07, 6.45) is 2.96. The van der Waals surface area contributed by atoms with Crippen molar-refractivity contribution in [2.75, 3.05) is 0 Å². The first-order valence-electron chi connectivity index (χ1n) is 3.62. The van der Waals surface area contributed by atoms with Crippen molar-refractivity contribution < 1.29 is 4.74 Å². The molecule has 8 heavy (non-hydrogen) atoms. The third-order valence-electron chi connectivity index (χ3n) is 3.76. The second-order valence-electron chi connectivity index (χ2n) is 3.77. The maximum absolute atomic E-state index is 5.56. The molecule has 6 atom stereocenters. The van der Waals surface area contributed by atoms with Crippen LogP contribution in [0.5, 0.6) is 0 Å². The van der Waals surface area contributed by atoms with Crippen LogP contribution in [-0.2, 0) is 4.74 Å². The number of rotatable bonds is 0. The Morgan fingerprint density at radius 3 is 2.38 bits per heavy atom. The van der Waals surface area contributed by atoms with E-state index >= 15 is 0 Å². The highest BCUT2D eigenvalue weighted by molar-refractivity contribution is 5.28. The highest BCUT2D eigenvalue weighted by Gasteiger charge is 2.82. The molecule has 1 aliphatic heterocycles. The van der Waals surface area contributed by atoms with Gasteiger partial charge in [-0.15, -0.1) is 0 Å². The van der Waals surface area contributed by atoms with Gasteiger partial charge in [0.25, 0.3) is 0 Å². The van der Waals surface area contributed by atoms with E-state index in [1.807, 2.05) is 0 Å². The third-order valence-corrected chi connectivity index (χ3v) is 3.76. The zero-order chi connectivity index (χ0) is 4.88. The molecule has 1 heterocycles. The van der Waals surface area contributed by atoms with Crippen molar-refractivity contribution in [3.63, 3.8) is 0 Å². The molecular formula is C7H8O. The summed E-state index contributed by atoms with van der Waals surface area (Å²) in [5.41, 5.74) is 0. The summed E-state index contributed by atoms with van der Waals surface area (Å²) in [6.45, 7) is 0. The average Bonchev–Trinajstić information content (AvgIpc) is 2.32. The van der Waals surface area contributed by atoms with Gasteiger partial charge in [0.15, 0.2) is 0 Å². The lowest BCUT2D eigenvalue weighted by atomic mass is 9.72. The number of fused-ring (bicyclic) bond motifs is 2. The van der Waals surface area contributed by atoms with Crippen molar-refractivity contribution in [1.82, 2.24) is 0 Å². The molecule has 0 aromatic carbocycles. The molecule has 1 heteroatoms. The highest BCUT2D eigenvalue weighted by atomic mass is 16.5. The first-order valence-corrected chi connectivity index (χ1v) is 3.62. The van der Waals surface area contributed by atoms with Crippen LogP contribution in [0, 0.1) is 23.7 Å². The molecule has 3 saturated carbocycles. The van der Waals surface area contributed by atoms with Crippen molar-refractivity contribution in [2.24, 2.45) is 23.7 Å². The maximum atomic E-state index is 5.56. The van der Waals surface area contributed by atoms with Gasteiger partial charge in [-0.05, 0) is 24.2 Å². The van der Waals surface area contributed by atoms with Gasteiger partial charge in [-0.2, -0.15) is 0 Å². The molecule has 0 radical (unpaired) electrons. The van der Waals surface area contributed by atoms with E-state index in [-0.39, 0.29) is 0 Å². The zero-order valence-electron chi connectivity index (χ0n) is 4.58. The summed E-state index contributed by atoms with van der Waals surface area (Å²) in [6, 6.07) is 0. The minimum Gasteiger partial charge on any atom is -0.374 e. The van der Waals surface area contributed by atoms with Gasteiger partial charge in [0, 0.05) is 5.92 Å². The fourth-order valence-corrected chi connectivity index (χ4v) is 3.40. The van der Waals surface area contributed by atoms with E-state index < -0.39 is 0 Å². The second-order valence-corrected chi connectivity index (χ2v) is 3.77. The topological polar surface area (TPSA) is 9.23 Å². The molecule has 4 fully saturated rings. The molecule has 0 aromatic heterocycles. The molecule has 0 spiro atoms. The smallest absolute Gasteiger partial charge is 0.0668 e. The van der Waals surface area contributed by atoms with Crippen LogP contribution >= 0.6 is 0 Å². The summed E-state index contributed by atoms with van der Waals surface area (Å²) < 4.78 is 5.56. The van der Waals surface area contributed by atoms with Crippen LogP contribution in [0.15, 0.2) is 0 Å². The fraction of sp³-hybridized carbons (Fsp3) is 1.00. The van der Waals surface area contributed by atoms with Gasteiger partial charge in [0.2, 0.25) is 0 Å². The summed E-state index contributed by atoms with van der Waals surface area (Å²) in [5.74, 6) is 4.48. The van der Waals surface area contributed by atoms with E-state index in [4.69, 9.17) is 4.74 Å². The monoisotopic (exact) mass is 108 g/mol. The fourth-order valence-electron chi connectivity index (χ4n) is 3.40. The Bertz CT molecular complexity index is 152. The lowest BCUT2D eigenvalue weighted by Crippen LogP contribution is -2.58. The van der Waals surface area contributed by atoms with Gasteiger partial charge in [0.05, 0.1) is 12.2 Å². The molecule has 1 nitrogen and oxygen atoms in total. The van der Waals surface area contributed by atoms with E-state index in [1.165, 1.54) is 12.3 Å². The first kappa shape index (κ1) is 3.21. The summed E-state index contributed by atoms with van der Waals surface area (Å²) in [4.78, 5) is 0. The molecule has 0 amide bonds. The van der Waals surface area contributed by atoms with Crippen LogP contribution in [-0.4, -0.2) is 12.2 Å². The minimum absolute atomic E-state index is 0.750. The normalized spacial score (nSPS) is 87.0. The summed E-state index contributed by atoms with van der Waals surface area (Å²) in [5, 5.41) is 0. The van der Waals surface area contributed by atoms with Gasteiger partial charge in [-0.25, -0.2) is 0 Å². The molecule has 0 N–H and O–H groups in total. The maximum Gasteiger partial charge on any atom is 0.0668 e. The molecule has 0 aromatic rings. The Hall–Kier alpha value is -0.0400. The summed E-state index contributed by atoms with van der Waals surface area (Å²) >= 11 is 0. The molecule has 3 aliphatic carbocycles. The zero-order valence-corrected chi connectivity index (χ0v) is 4.58. The Balaban J connectivity index is 2.00. The average molecular weight is 108 g/mol. The molecule has 4 rings (SSSR count). The number of hydrogen-bond donors (Lipinski definition) is 0. The van der Waals surface area contributed by atoms with E-state index in [0.717, 1.165) is 30.0 Å². The van der Waals surface area contributed by atoms with Gasteiger partial charge >= 0.3 is 0 Å². The standard InChI is InChI=1S/C7H8O/c1-2-4-5(2)7-6(4)3(1)8-7/h2-7H,1H2. The molecular weight excluding hydrogens is 100 g/mol. The number of ether oxygens (including phenoxy) is 1. The molecule has 4 aliphatic rings. The van der Waals surface area contributed by atoms with E-state index in [9.17, 15) is 0 Å². The van der Waals surface area contributed by atoms with Gasteiger partial charge < -0.3 is 4.74 Å². The minimum atomic E-state index is 0.750. The Labute approximate surface area is 48.0 Å². The van der Waals surface area contributed by atoms with Crippen LogP contribution < -0.4 is 0 Å². The largest absolute Gasteiger partial charge is 0.374 e. The van der Waals surface area contributed by atoms with E-state index in [1.54, 1.807) is 0 Å². The Kier molecular flexibility index (Phi) is 0.249.